The van der Waals surface area contributed by atoms with E-state index >= 15 is 0 Å². The molecule has 1 aromatic carbocycles. The fourth-order valence-electron chi connectivity index (χ4n) is 4.41. The Morgan fingerprint density at radius 3 is 2.73 bits per heavy atom. The van der Waals surface area contributed by atoms with E-state index in [0.29, 0.717) is 37.0 Å². The first-order valence-electron chi connectivity index (χ1n) is 10.9. The Morgan fingerprint density at radius 1 is 1.27 bits per heavy atom. The first kappa shape index (κ1) is 21.0. The Kier molecular flexibility index (Phi) is 5.95. The van der Waals surface area contributed by atoms with Gasteiger partial charge >= 0.3 is 0 Å². The summed E-state index contributed by atoms with van der Waals surface area (Å²) in [7, 11) is 0. The second-order valence-electron chi connectivity index (χ2n) is 9.01. The number of pyridine rings is 1. The molecule has 162 valence electrons. The number of hydrogen-bond acceptors (Lipinski definition) is 6. The molecule has 1 fully saturated rings. The van der Waals surface area contributed by atoms with Gasteiger partial charge in [0, 0.05) is 12.0 Å². The number of fused-ring (bicyclic) bond motifs is 3. The monoisotopic (exact) mass is 411 g/mol. The topological polar surface area (TPSA) is 98.2 Å². The first-order valence-corrected chi connectivity index (χ1v) is 10.9. The standard InChI is InChI=1S/C23H33N5O2/c1-4-30-13-19-27-20-21(28(19)14-23(2,3)29)17-6-5-16(12-18(17)26-22(20)24)11-15-7-9-25-10-8-15/h5-6,12,15,25,29H,4,7-11,13-14H2,1-3H3,(H2,24,26). The lowest BCUT2D eigenvalue weighted by Crippen LogP contribution is -2.28. The Morgan fingerprint density at radius 2 is 2.03 bits per heavy atom. The number of piperidine rings is 1. The van der Waals surface area contributed by atoms with Gasteiger partial charge in [-0.2, -0.15) is 0 Å². The zero-order valence-corrected chi connectivity index (χ0v) is 18.2. The van der Waals surface area contributed by atoms with Crippen LogP contribution in [0.1, 0.15) is 45.0 Å². The zero-order chi connectivity index (χ0) is 21.3. The molecular weight excluding hydrogens is 378 g/mol. The van der Waals surface area contributed by atoms with E-state index in [2.05, 4.69) is 28.5 Å². The van der Waals surface area contributed by atoms with E-state index in [-0.39, 0.29) is 0 Å². The molecule has 1 saturated heterocycles. The highest BCUT2D eigenvalue weighted by molar-refractivity contribution is 6.06. The first-order chi connectivity index (χ1) is 14.4. The molecule has 0 saturated carbocycles. The molecule has 0 unspecified atom stereocenters. The van der Waals surface area contributed by atoms with Gasteiger partial charge in [-0.3, -0.25) is 0 Å². The van der Waals surface area contributed by atoms with Crippen molar-refractivity contribution in [3.63, 3.8) is 0 Å². The predicted octanol–water partition coefficient (Wildman–Crippen LogP) is 3.02. The summed E-state index contributed by atoms with van der Waals surface area (Å²) in [6.45, 7) is 9.13. The predicted molar refractivity (Wildman–Crippen MR) is 120 cm³/mol. The van der Waals surface area contributed by atoms with E-state index in [4.69, 9.17) is 15.5 Å². The molecular formula is C23H33N5O2. The van der Waals surface area contributed by atoms with E-state index < -0.39 is 5.60 Å². The molecule has 30 heavy (non-hydrogen) atoms. The number of nitrogens with one attached hydrogen (secondary N) is 1. The molecule has 0 amide bonds. The number of aromatic nitrogens is 3. The number of benzene rings is 1. The number of nitrogens with two attached hydrogens (primary N) is 1. The van der Waals surface area contributed by atoms with Crippen LogP contribution >= 0.6 is 0 Å². The number of imidazole rings is 1. The molecule has 7 heteroatoms. The Labute approximate surface area is 177 Å². The second kappa shape index (κ2) is 8.49. The molecule has 0 atom stereocenters. The van der Waals surface area contributed by atoms with Crippen LogP contribution in [0.5, 0.6) is 0 Å². The van der Waals surface area contributed by atoms with Crippen molar-refractivity contribution < 1.29 is 9.84 Å². The van der Waals surface area contributed by atoms with Gasteiger partial charge in [-0.25, -0.2) is 9.97 Å². The van der Waals surface area contributed by atoms with Gasteiger partial charge in [-0.15, -0.1) is 0 Å². The third-order valence-corrected chi connectivity index (χ3v) is 5.81. The zero-order valence-electron chi connectivity index (χ0n) is 18.2. The van der Waals surface area contributed by atoms with Gasteiger partial charge in [0.2, 0.25) is 0 Å². The van der Waals surface area contributed by atoms with Crippen LogP contribution in [0.25, 0.3) is 21.9 Å². The molecule has 0 aliphatic carbocycles. The van der Waals surface area contributed by atoms with Crippen LogP contribution in [0.3, 0.4) is 0 Å². The lowest BCUT2D eigenvalue weighted by Gasteiger charge is -2.23. The maximum Gasteiger partial charge on any atom is 0.152 e. The van der Waals surface area contributed by atoms with Crippen molar-refractivity contribution in [1.29, 1.82) is 0 Å². The smallest absolute Gasteiger partial charge is 0.152 e. The summed E-state index contributed by atoms with van der Waals surface area (Å²) in [4.78, 5) is 9.41. The average molecular weight is 412 g/mol. The molecule has 4 N–H and O–H groups in total. The summed E-state index contributed by atoms with van der Waals surface area (Å²) in [5.74, 6) is 1.89. The summed E-state index contributed by atoms with van der Waals surface area (Å²) in [6.07, 6.45) is 3.49. The van der Waals surface area contributed by atoms with Crippen LogP contribution in [-0.4, -0.2) is 44.9 Å². The molecule has 3 aromatic rings. The minimum absolute atomic E-state index is 0.371. The normalized spacial score (nSPS) is 16.0. The molecule has 3 heterocycles. The SMILES string of the molecule is CCOCc1nc2c(N)nc3cc(CC4CCNCC4)ccc3c2n1CC(C)(C)O. The minimum atomic E-state index is -0.895. The molecule has 1 aliphatic rings. The maximum absolute atomic E-state index is 10.5. The maximum atomic E-state index is 10.5. The summed E-state index contributed by atoms with van der Waals surface area (Å²) < 4.78 is 7.67. The Hall–Kier alpha value is -2.22. The van der Waals surface area contributed by atoms with E-state index in [1.165, 1.54) is 18.4 Å². The van der Waals surface area contributed by atoms with Crippen LogP contribution in [0.15, 0.2) is 18.2 Å². The van der Waals surface area contributed by atoms with Gasteiger partial charge in [0.05, 0.1) is 23.2 Å². The number of nitrogens with zero attached hydrogens (tertiary/aromatic N) is 3. The van der Waals surface area contributed by atoms with E-state index in [1.54, 1.807) is 13.8 Å². The Bertz CT molecular complexity index is 1030. The molecule has 4 rings (SSSR count). The van der Waals surface area contributed by atoms with Gasteiger partial charge < -0.3 is 25.5 Å². The summed E-state index contributed by atoms with van der Waals surface area (Å²) in [6, 6.07) is 6.50. The number of rotatable bonds is 7. The van der Waals surface area contributed by atoms with Gasteiger partial charge in [0.1, 0.15) is 17.9 Å². The van der Waals surface area contributed by atoms with Crippen molar-refractivity contribution in [1.82, 2.24) is 19.9 Å². The van der Waals surface area contributed by atoms with Crippen LogP contribution < -0.4 is 11.1 Å². The van der Waals surface area contributed by atoms with Crippen LogP contribution in [-0.2, 0) is 24.3 Å². The largest absolute Gasteiger partial charge is 0.389 e. The van der Waals surface area contributed by atoms with Gasteiger partial charge in [0.25, 0.3) is 0 Å². The number of aliphatic hydroxyl groups is 1. The van der Waals surface area contributed by atoms with Gasteiger partial charge in [0.15, 0.2) is 5.82 Å². The van der Waals surface area contributed by atoms with Crippen molar-refractivity contribution in [2.24, 2.45) is 5.92 Å². The number of hydrogen-bond donors (Lipinski definition) is 3. The van der Waals surface area contributed by atoms with E-state index in [1.807, 2.05) is 11.5 Å². The number of anilines is 1. The molecule has 2 aromatic heterocycles. The summed E-state index contributed by atoms with van der Waals surface area (Å²) in [5, 5.41) is 15.0. The number of nitrogen functional groups attached to an aromatic ring is 1. The van der Waals surface area contributed by atoms with Crippen LogP contribution in [0.4, 0.5) is 5.82 Å². The fraction of sp³-hybridized carbons (Fsp3) is 0.565. The van der Waals surface area contributed by atoms with Gasteiger partial charge in [-0.05, 0) is 70.7 Å². The molecule has 0 radical (unpaired) electrons. The third kappa shape index (κ3) is 4.43. The molecule has 0 bridgehead atoms. The lowest BCUT2D eigenvalue weighted by atomic mass is 9.90. The minimum Gasteiger partial charge on any atom is -0.389 e. The quantitative estimate of drug-likeness (QED) is 0.553. The highest BCUT2D eigenvalue weighted by Crippen LogP contribution is 2.31. The van der Waals surface area contributed by atoms with E-state index in [9.17, 15) is 5.11 Å². The van der Waals surface area contributed by atoms with Crippen molar-refractivity contribution >= 4 is 27.8 Å². The average Bonchev–Trinajstić information content (AvgIpc) is 3.04. The van der Waals surface area contributed by atoms with E-state index in [0.717, 1.165) is 41.8 Å². The Balaban J connectivity index is 1.81. The lowest BCUT2D eigenvalue weighted by molar-refractivity contribution is 0.0582. The van der Waals surface area contributed by atoms with Crippen molar-refractivity contribution in [2.75, 3.05) is 25.4 Å². The van der Waals surface area contributed by atoms with Crippen LogP contribution in [0.2, 0.25) is 0 Å². The van der Waals surface area contributed by atoms with Crippen LogP contribution in [0, 0.1) is 5.92 Å². The van der Waals surface area contributed by atoms with Crippen molar-refractivity contribution in [3.8, 4) is 0 Å². The number of ether oxygens (including phenoxy) is 1. The highest BCUT2D eigenvalue weighted by Gasteiger charge is 2.23. The summed E-state index contributed by atoms with van der Waals surface area (Å²) in [5.41, 5.74) is 9.21. The van der Waals surface area contributed by atoms with Crippen molar-refractivity contribution in [3.05, 3.63) is 29.6 Å². The third-order valence-electron chi connectivity index (χ3n) is 5.81. The fourth-order valence-corrected chi connectivity index (χ4v) is 4.41. The molecule has 0 spiro atoms. The molecule has 7 nitrogen and oxygen atoms in total. The van der Waals surface area contributed by atoms with Gasteiger partial charge in [-0.1, -0.05) is 12.1 Å². The second-order valence-corrected chi connectivity index (χ2v) is 9.01. The molecule has 1 aliphatic heterocycles. The summed E-state index contributed by atoms with van der Waals surface area (Å²) >= 11 is 0. The van der Waals surface area contributed by atoms with Crippen molar-refractivity contribution in [2.45, 2.75) is 58.8 Å². The highest BCUT2D eigenvalue weighted by atomic mass is 16.5.